The predicted octanol–water partition coefficient (Wildman–Crippen LogP) is 3.90. The highest BCUT2D eigenvalue weighted by Crippen LogP contribution is 2.38. The van der Waals surface area contributed by atoms with Crippen molar-refractivity contribution >= 4 is 28.2 Å². The molecule has 1 aliphatic carbocycles. The van der Waals surface area contributed by atoms with Crippen molar-refractivity contribution in [2.75, 3.05) is 19.5 Å². The number of aryl methyl sites for hydroxylation is 1. The molecular weight excluding hydrogens is 390 g/mol. The van der Waals surface area contributed by atoms with E-state index < -0.39 is 5.91 Å². The zero-order chi connectivity index (χ0) is 20.4. The van der Waals surface area contributed by atoms with Crippen LogP contribution >= 0.6 is 11.3 Å². The van der Waals surface area contributed by atoms with Gasteiger partial charge in [0.2, 0.25) is 0 Å². The highest BCUT2D eigenvalue weighted by molar-refractivity contribution is 7.17. The van der Waals surface area contributed by atoms with E-state index >= 15 is 0 Å². The summed E-state index contributed by atoms with van der Waals surface area (Å²) >= 11 is 1.47. The Morgan fingerprint density at radius 3 is 2.62 bits per heavy atom. The number of amides is 2. The van der Waals surface area contributed by atoms with Crippen LogP contribution in [0, 0.1) is 0 Å². The summed E-state index contributed by atoms with van der Waals surface area (Å²) in [5.74, 6) is 0.625. The van der Waals surface area contributed by atoms with Crippen LogP contribution in [-0.2, 0) is 12.8 Å². The number of hydrogen-bond acceptors (Lipinski definition) is 6. The van der Waals surface area contributed by atoms with E-state index in [0.717, 1.165) is 42.6 Å². The Labute approximate surface area is 172 Å². The van der Waals surface area contributed by atoms with Crippen molar-refractivity contribution < 1.29 is 18.8 Å². The fourth-order valence-electron chi connectivity index (χ4n) is 3.46. The number of hydrogen-bond donors (Lipinski definition) is 2. The molecule has 1 aromatic carbocycles. The molecule has 7 nitrogen and oxygen atoms in total. The molecule has 0 atom stereocenters. The maximum atomic E-state index is 12.8. The van der Waals surface area contributed by atoms with E-state index in [2.05, 4.69) is 15.8 Å². The first-order valence-electron chi connectivity index (χ1n) is 9.39. The van der Waals surface area contributed by atoms with Gasteiger partial charge in [0.1, 0.15) is 10.8 Å². The van der Waals surface area contributed by atoms with Crippen molar-refractivity contribution in [3.8, 4) is 17.1 Å². The molecule has 2 amide bonds. The number of nitrogens with one attached hydrogen (secondary N) is 2. The second kappa shape index (κ2) is 8.08. The number of carbonyl (C=O) groups excluding carboxylic acids is 2. The quantitative estimate of drug-likeness (QED) is 0.664. The Hall–Kier alpha value is -3.13. The molecular formula is C21H21N3O4S. The van der Waals surface area contributed by atoms with Crippen molar-refractivity contribution in [1.29, 1.82) is 0 Å². The first-order valence-corrected chi connectivity index (χ1v) is 10.2. The van der Waals surface area contributed by atoms with Crippen LogP contribution in [-0.4, -0.2) is 31.1 Å². The van der Waals surface area contributed by atoms with Crippen molar-refractivity contribution in [2.24, 2.45) is 0 Å². The number of nitrogens with zero attached hydrogens (tertiary/aromatic N) is 1. The van der Waals surface area contributed by atoms with E-state index in [-0.39, 0.29) is 11.6 Å². The number of aromatic nitrogens is 1. The van der Waals surface area contributed by atoms with Gasteiger partial charge in [-0.05, 0) is 55.5 Å². The molecule has 0 saturated carbocycles. The molecule has 2 heterocycles. The van der Waals surface area contributed by atoms with Gasteiger partial charge in [-0.15, -0.1) is 11.3 Å². The minimum Gasteiger partial charge on any atom is -0.497 e. The van der Waals surface area contributed by atoms with Crippen LogP contribution in [0.5, 0.6) is 5.75 Å². The minimum absolute atomic E-state index is 0.157. The molecule has 1 aliphatic rings. The number of rotatable bonds is 5. The summed E-state index contributed by atoms with van der Waals surface area (Å²) in [6.07, 6.45) is 3.94. The SMILES string of the molecule is CNC(=O)c1c(NC(=O)c2cc(-c3ccc(OC)cc3)on2)sc2c1CCCC2. The van der Waals surface area contributed by atoms with E-state index in [4.69, 9.17) is 9.26 Å². The molecule has 150 valence electrons. The summed E-state index contributed by atoms with van der Waals surface area (Å²) in [6.45, 7) is 0. The van der Waals surface area contributed by atoms with Gasteiger partial charge in [-0.1, -0.05) is 5.16 Å². The largest absolute Gasteiger partial charge is 0.497 e. The Morgan fingerprint density at radius 1 is 1.14 bits per heavy atom. The zero-order valence-electron chi connectivity index (χ0n) is 16.2. The van der Waals surface area contributed by atoms with Gasteiger partial charge in [-0.3, -0.25) is 9.59 Å². The lowest BCUT2D eigenvalue weighted by atomic mass is 9.95. The number of thiophene rings is 1. The fraction of sp³-hybridized carbons (Fsp3) is 0.286. The van der Waals surface area contributed by atoms with Crippen LogP contribution in [0.4, 0.5) is 5.00 Å². The van der Waals surface area contributed by atoms with Crippen LogP contribution in [0.1, 0.15) is 44.1 Å². The number of benzene rings is 1. The normalized spacial score (nSPS) is 12.9. The maximum absolute atomic E-state index is 12.8. The molecule has 0 spiro atoms. The third-order valence-corrected chi connectivity index (χ3v) is 6.18. The number of carbonyl (C=O) groups is 2. The fourth-order valence-corrected chi connectivity index (χ4v) is 4.74. The summed E-state index contributed by atoms with van der Waals surface area (Å²) in [4.78, 5) is 26.4. The standard InChI is InChI=1S/C21H21N3O4S/c1-22-20(26)18-14-5-3-4-6-17(14)29-21(18)23-19(25)15-11-16(28-24-15)12-7-9-13(27-2)10-8-12/h7-11H,3-6H2,1-2H3,(H,22,26)(H,23,25). The summed E-state index contributed by atoms with van der Waals surface area (Å²) in [6, 6.07) is 8.87. The lowest BCUT2D eigenvalue weighted by molar-refractivity contribution is 0.0963. The van der Waals surface area contributed by atoms with Gasteiger partial charge in [0.25, 0.3) is 11.8 Å². The molecule has 4 rings (SSSR count). The molecule has 0 bridgehead atoms. The van der Waals surface area contributed by atoms with Gasteiger partial charge >= 0.3 is 0 Å². The lowest BCUT2D eigenvalue weighted by Crippen LogP contribution is -2.22. The molecule has 0 saturated heterocycles. The predicted molar refractivity (Wildman–Crippen MR) is 111 cm³/mol. The average molecular weight is 411 g/mol. The Balaban J connectivity index is 1.58. The second-order valence-electron chi connectivity index (χ2n) is 6.75. The van der Waals surface area contributed by atoms with E-state index in [1.807, 2.05) is 24.3 Å². The first-order chi connectivity index (χ1) is 14.1. The summed E-state index contributed by atoms with van der Waals surface area (Å²) < 4.78 is 10.5. The van der Waals surface area contributed by atoms with E-state index in [1.165, 1.54) is 16.2 Å². The molecule has 3 aromatic rings. The maximum Gasteiger partial charge on any atom is 0.278 e. The zero-order valence-corrected chi connectivity index (χ0v) is 17.0. The monoisotopic (exact) mass is 411 g/mol. The van der Waals surface area contributed by atoms with Crippen LogP contribution in [0.25, 0.3) is 11.3 Å². The molecule has 0 aliphatic heterocycles. The first kappa shape index (κ1) is 19.2. The van der Waals surface area contributed by atoms with Crippen molar-refractivity contribution in [3.63, 3.8) is 0 Å². The molecule has 29 heavy (non-hydrogen) atoms. The van der Waals surface area contributed by atoms with Crippen LogP contribution in [0.3, 0.4) is 0 Å². The van der Waals surface area contributed by atoms with E-state index in [1.54, 1.807) is 20.2 Å². The minimum atomic E-state index is -0.405. The second-order valence-corrected chi connectivity index (χ2v) is 7.86. The number of fused-ring (bicyclic) bond motifs is 1. The van der Waals surface area contributed by atoms with Crippen LogP contribution in [0.2, 0.25) is 0 Å². The van der Waals surface area contributed by atoms with E-state index in [0.29, 0.717) is 16.3 Å². The molecule has 0 unspecified atom stereocenters. The highest BCUT2D eigenvalue weighted by Gasteiger charge is 2.26. The van der Waals surface area contributed by atoms with Gasteiger partial charge in [0, 0.05) is 23.6 Å². The lowest BCUT2D eigenvalue weighted by Gasteiger charge is -2.12. The van der Waals surface area contributed by atoms with Crippen molar-refractivity contribution in [1.82, 2.24) is 10.5 Å². The van der Waals surface area contributed by atoms with Gasteiger partial charge in [-0.2, -0.15) is 0 Å². The van der Waals surface area contributed by atoms with Gasteiger partial charge in [0.15, 0.2) is 11.5 Å². The average Bonchev–Trinajstić information content (AvgIpc) is 3.38. The van der Waals surface area contributed by atoms with Gasteiger partial charge in [-0.25, -0.2) is 0 Å². The van der Waals surface area contributed by atoms with Crippen molar-refractivity contribution in [2.45, 2.75) is 25.7 Å². The molecule has 2 aromatic heterocycles. The molecule has 0 fully saturated rings. The van der Waals surface area contributed by atoms with Gasteiger partial charge in [0.05, 0.1) is 12.7 Å². The molecule has 0 radical (unpaired) electrons. The Morgan fingerprint density at radius 2 is 1.90 bits per heavy atom. The molecule has 2 N–H and O–H groups in total. The topological polar surface area (TPSA) is 93.5 Å². The summed E-state index contributed by atoms with van der Waals surface area (Å²) in [7, 11) is 3.20. The highest BCUT2D eigenvalue weighted by atomic mass is 32.1. The summed E-state index contributed by atoms with van der Waals surface area (Å²) in [5, 5.41) is 10.00. The molecule has 8 heteroatoms. The van der Waals surface area contributed by atoms with Crippen molar-refractivity contribution in [3.05, 3.63) is 52.0 Å². The third-order valence-electron chi connectivity index (χ3n) is 4.97. The summed E-state index contributed by atoms with van der Waals surface area (Å²) in [5.41, 5.74) is 2.56. The number of anilines is 1. The van der Waals surface area contributed by atoms with Crippen LogP contribution < -0.4 is 15.4 Å². The number of methoxy groups -OCH3 is 1. The third kappa shape index (κ3) is 3.75. The smallest absolute Gasteiger partial charge is 0.278 e. The number of ether oxygens (including phenoxy) is 1. The van der Waals surface area contributed by atoms with Gasteiger partial charge < -0.3 is 19.9 Å². The van der Waals surface area contributed by atoms with Crippen LogP contribution in [0.15, 0.2) is 34.9 Å². The Kier molecular flexibility index (Phi) is 5.35. The Bertz CT molecular complexity index is 1050. The van der Waals surface area contributed by atoms with E-state index in [9.17, 15) is 9.59 Å².